The minimum absolute atomic E-state index is 0.0725. The summed E-state index contributed by atoms with van der Waals surface area (Å²) in [5.74, 6) is 0.708. The van der Waals surface area contributed by atoms with Gasteiger partial charge in [-0.15, -0.1) is 0 Å². The maximum atomic E-state index is 14.0. The average Bonchev–Trinajstić information content (AvgIpc) is 3.57. The summed E-state index contributed by atoms with van der Waals surface area (Å²) in [5.41, 5.74) is 10.6. The summed E-state index contributed by atoms with van der Waals surface area (Å²) in [6.07, 6.45) is 8.59. The molecule has 2 N–H and O–H groups in total. The van der Waals surface area contributed by atoms with Crippen LogP contribution in [0.1, 0.15) is 50.0 Å². The molecule has 0 bridgehead atoms. The van der Waals surface area contributed by atoms with Crippen molar-refractivity contribution >= 4 is 5.65 Å². The zero-order chi connectivity index (χ0) is 24.2. The van der Waals surface area contributed by atoms with Crippen LogP contribution < -0.4 is 5.73 Å². The normalized spacial score (nSPS) is 23.7. The molecule has 1 fully saturated rings. The third kappa shape index (κ3) is 3.54. The van der Waals surface area contributed by atoms with Gasteiger partial charge in [-0.1, -0.05) is 5.18 Å². The lowest BCUT2D eigenvalue weighted by Gasteiger charge is -2.42. The SMILES string of the molecule is Cc1nc(-c2nc3n(c2-c2ccc4ncnn4c2)CCC32CCC(N)(CCN=O)CC2)ccc1F. The Labute approximate surface area is 201 Å². The summed E-state index contributed by atoms with van der Waals surface area (Å²) in [6.45, 7) is 2.76. The number of rotatable bonds is 5. The van der Waals surface area contributed by atoms with Crippen molar-refractivity contribution in [3.8, 4) is 22.6 Å². The summed E-state index contributed by atoms with van der Waals surface area (Å²) in [7, 11) is 0. The number of hydrogen-bond acceptors (Lipinski definition) is 7. The Kier molecular flexibility index (Phi) is 5.03. The van der Waals surface area contributed by atoms with Crippen LogP contribution in [0.2, 0.25) is 0 Å². The van der Waals surface area contributed by atoms with Crippen LogP contribution in [0.15, 0.2) is 42.0 Å². The van der Waals surface area contributed by atoms with Gasteiger partial charge >= 0.3 is 0 Å². The van der Waals surface area contributed by atoms with Gasteiger partial charge in [0.1, 0.15) is 23.7 Å². The maximum absolute atomic E-state index is 14.0. The molecule has 6 rings (SSSR count). The lowest BCUT2D eigenvalue weighted by atomic mass is 9.66. The van der Waals surface area contributed by atoms with E-state index in [2.05, 4.69) is 24.8 Å². The molecule has 9 nitrogen and oxygen atoms in total. The van der Waals surface area contributed by atoms with E-state index in [1.54, 1.807) is 17.5 Å². The molecule has 1 aliphatic heterocycles. The Bertz CT molecular complexity index is 1430. The van der Waals surface area contributed by atoms with Crippen LogP contribution in [0.25, 0.3) is 28.3 Å². The zero-order valence-electron chi connectivity index (χ0n) is 19.6. The summed E-state index contributed by atoms with van der Waals surface area (Å²) in [5, 5.41) is 7.32. The Morgan fingerprint density at radius 1 is 1.11 bits per heavy atom. The van der Waals surface area contributed by atoms with Gasteiger partial charge in [-0.2, -0.15) is 10.0 Å². The van der Waals surface area contributed by atoms with E-state index >= 15 is 0 Å². The molecule has 10 heteroatoms. The van der Waals surface area contributed by atoms with E-state index in [4.69, 9.17) is 10.7 Å². The average molecular weight is 475 g/mol. The molecule has 1 aliphatic carbocycles. The fraction of sp³-hybridized carbons (Fsp3) is 0.440. The number of nitroso groups, excluding NO2 is 1. The van der Waals surface area contributed by atoms with Crippen molar-refractivity contribution in [1.29, 1.82) is 0 Å². The fourth-order valence-electron chi connectivity index (χ4n) is 5.84. The lowest BCUT2D eigenvalue weighted by Crippen LogP contribution is -2.47. The zero-order valence-corrected chi connectivity index (χ0v) is 19.6. The van der Waals surface area contributed by atoms with Gasteiger partial charge in [-0.05, 0) is 69.7 Å². The van der Waals surface area contributed by atoms with Crippen molar-refractivity contribution in [2.75, 3.05) is 6.54 Å². The van der Waals surface area contributed by atoms with E-state index < -0.39 is 0 Å². The predicted octanol–water partition coefficient (Wildman–Crippen LogP) is 4.17. The molecule has 0 unspecified atom stereocenters. The molecule has 5 heterocycles. The number of imidazole rings is 1. The maximum Gasteiger partial charge on any atom is 0.155 e. The molecule has 0 radical (unpaired) electrons. The summed E-state index contributed by atoms with van der Waals surface area (Å²) < 4.78 is 18.1. The third-order valence-corrected chi connectivity index (χ3v) is 7.97. The van der Waals surface area contributed by atoms with E-state index in [-0.39, 0.29) is 23.3 Å². The number of aromatic nitrogens is 6. The van der Waals surface area contributed by atoms with E-state index in [0.717, 1.165) is 67.1 Å². The number of pyridine rings is 2. The topological polar surface area (TPSA) is 116 Å². The van der Waals surface area contributed by atoms with Gasteiger partial charge in [0.05, 0.1) is 23.6 Å². The first kappa shape index (κ1) is 22.0. The highest BCUT2D eigenvalue weighted by molar-refractivity contribution is 5.78. The molecule has 0 atom stereocenters. The van der Waals surface area contributed by atoms with Crippen LogP contribution in [0.5, 0.6) is 0 Å². The quantitative estimate of drug-likeness (QED) is 0.434. The van der Waals surface area contributed by atoms with Crippen molar-refractivity contribution in [2.24, 2.45) is 10.9 Å². The Hall–Kier alpha value is -3.53. The van der Waals surface area contributed by atoms with Gasteiger partial charge < -0.3 is 10.3 Å². The van der Waals surface area contributed by atoms with Gasteiger partial charge in [0.25, 0.3) is 0 Å². The molecular weight excluding hydrogens is 447 g/mol. The van der Waals surface area contributed by atoms with Crippen molar-refractivity contribution < 1.29 is 4.39 Å². The molecular formula is C25H27FN8O. The highest BCUT2D eigenvalue weighted by Gasteiger charge is 2.48. The van der Waals surface area contributed by atoms with Crippen LogP contribution in [-0.2, 0) is 12.0 Å². The van der Waals surface area contributed by atoms with Gasteiger partial charge in [-0.25, -0.2) is 23.9 Å². The van der Waals surface area contributed by atoms with Crippen LogP contribution in [0.4, 0.5) is 4.39 Å². The number of nitrogens with two attached hydrogens (primary N) is 1. The number of aryl methyl sites for hydroxylation is 1. The smallest absolute Gasteiger partial charge is 0.155 e. The van der Waals surface area contributed by atoms with Gasteiger partial charge in [0.15, 0.2) is 5.65 Å². The van der Waals surface area contributed by atoms with E-state index in [1.165, 1.54) is 12.4 Å². The second-order valence-electron chi connectivity index (χ2n) is 10.0. The Morgan fingerprint density at radius 2 is 1.94 bits per heavy atom. The largest absolute Gasteiger partial charge is 0.327 e. The molecule has 4 aromatic heterocycles. The highest BCUT2D eigenvalue weighted by Crippen LogP contribution is 2.51. The second-order valence-corrected chi connectivity index (χ2v) is 10.0. The van der Waals surface area contributed by atoms with Gasteiger partial charge in [-0.3, -0.25) is 0 Å². The van der Waals surface area contributed by atoms with Gasteiger partial charge in [0.2, 0.25) is 0 Å². The number of nitrogens with zero attached hydrogens (tertiary/aromatic N) is 7. The molecule has 1 spiro atoms. The number of fused-ring (bicyclic) bond motifs is 3. The van der Waals surface area contributed by atoms with Crippen LogP contribution in [0, 0.1) is 17.6 Å². The Morgan fingerprint density at radius 3 is 2.71 bits per heavy atom. The standard InChI is InChI=1S/C25H27FN8O/c1-16-18(26)3-4-19(31-16)21-22(17-2-5-20-28-15-29-34(20)14-17)33-13-11-24(23(33)32-21)6-8-25(27,9-7-24)10-12-30-35/h2-5,14-15H,6-13,27H2,1H3. The molecule has 0 aromatic carbocycles. The number of halogens is 1. The van der Waals surface area contributed by atoms with Crippen molar-refractivity contribution in [1.82, 2.24) is 29.1 Å². The van der Waals surface area contributed by atoms with Crippen LogP contribution in [0.3, 0.4) is 0 Å². The van der Waals surface area contributed by atoms with Crippen molar-refractivity contribution in [3.05, 3.63) is 59.0 Å². The van der Waals surface area contributed by atoms with Crippen molar-refractivity contribution in [3.63, 3.8) is 0 Å². The van der Waals surface area contributed by atoms with Crippen LogP contribution >= 0.6 is 0 Å². The molecule has 0 saturated heterocycles. The molecule has 0 amide bonds. The van der Waals surface area contributed by atoms with Gasteiger partial charge in [0, 0.05) is 29.3 Å². The first-order chi connectivity index (χ1) is 16.9. The lowest BCUT2D eigenvalue weighted by molar-refractivity contribution is 0.188. The molecule has 2 aliphatic rings. The van der Waals surface area contributed by atoms with E-state index in [0.29, 0.717) is 17.8 Å². The highest BCUT2D eigenvalue weighted by atomic mass is 19.1. The minimum atomic E-state index is -0.349. The number of hydrogen-bond donors (Lipinski definition) is 1. The second kappa shape index (κ2) is 8.01. The predicted molar refractivity (Wildman–Crippen MR) is 129 cm³/mol. The summed E-state index contributed by atoms with van der Waals surface area (Å²) in [4.78, 5) is 24.6. The monoisotopic (exact) mass is 474 g/mol. The summed E-state index contributed by atoms with van der Waals surface area (Å²) in [6, 6.07) is 7.11. The van der Waals surface area contributed by atoms with Crippen LogP contribution in [-0.4, -0.2) is 41.2 Å². The Balaban J connectivity index is 1.47. The minimum Gasteiger partial charge on any atom is -0.327 e. The summed E-state index contributed by atoms with van der Waals surface area (Å²) >= 11 is 0. The molecule has 180 valence electrons. The first-order valence-corrected chi connectivity index (χ1v) is 12.0. The first-order valence-electron chi connectivity index (χ1n) is 12.0. The molecule has 35 heavy (non-hydrogen) atoms. The third-order valence-electron chi connectivity index (χ3n) is 7.97. The van der Waals surface area contributed by atoms with Crippen molar-refractivity contribution in [2.45, 2.75) is 62.9 Å². The molecule has 1 saturated carbocycles. The van der Waals surface area contributed by atoms with E-state index in [9.17, 15) is 9.30 Å². The fourth-order valence-corrected chi connectivity index (χ4v) is 5.84. The molecule has 4 aromatic rings. The van der Waals surface area contributed by atoms with E-state index in [1.807, 2.05) is 18.3 Å².